The summed E-state index contributed by atoms with van der Waals surface area (Å²) in [4.78, 5) is 16.9. The van der Waals surface area contributed by atoms with E-state index in [1.54, 1.807) is 25.3 Å². The molecule has 1 amide bonds. The molecule has 2 rings (SSSR count). The summed E-state index contributed by atoms with van der Waals surface area (Å²) in [6, 6.07) is 12.7. The maximum absolute atomic E-state index is 11.9. The van der Waals surface area contributed by atoms with E-state index in [0.29, 0.717) is 17.2 Å². The first-order valence-electron chi connectivity index (χ1n) is 7.05. The fourth-order valence-electron chi connectivity index (χ4n) is 1.84. The van der Waals surface area contributed by atoms with Gasteiger partial charge in [-0.15, -0.1) is 0 Å². The molecular weight excluding hydrogens is 376 g/mol. The van der Waals surface area contributed by atoms with Crippen LogP contribution in [-0.2, 0) is 9.63 Å². The van der Waals surface area contributed by atoms with Crippen molar-refractivity contribution in [2.75, 3.05) is 26.1 Å². The van der Waals surface area contributed by atoms with Gasteiger partial charge in [0.05, 0.1) is 26.1 Å². The highest BCUT2D eigenvalue weighted by molar-refractivity contribution is 9.10. The standard InChI is InChI=1S/C17H17BrN2O4/c1-22-14-7-8-16(23-2)15(9-14)20-17(21)11-24-19-10-12-3-5-13(18)6-4-12/h3-10H,11H2,1-2H3,(H,20,21)/b19-10-. The van der Waals surface area contributed by atoms with Crippen LogP contribution in [0.15, 0.2) is 52.1 Å². The summed E-state index contributed by atoms with van der Waals surface area (Å²) in [5, 5.41) is 6.47. The molecule has 126 valence electrons. The number of ether oxygens (including phenoxy) is 2. The molecular formula is C17H17BrN2O4. The summed E-state index contributed by atoms with van der Waals surface area (Å²) >= 11 is 3.35. The van der Waals surface area contributed by atoms with E-state index in [1.807, 2.05) is 24.3 Å². The molecule has 0 saturated heterocycles. The van der Waals surface area contributed by atoms with Gasteiger partial charge in [0, 0.05) is 10.5 Å². The van der Waals surface area contributed by atoms with Crippen molar-refractivity contribution >= 4 is 33.7 Å². The van der Waals surface area contributed by atoms with Gasteiger partial charge >= 0.3 is 0 Å². The van der Waals surface area contributed by atoms with Crippen LogP contribution in [0.25, 0.3) is 0 Å². The molecule has 0 aliphatic heterocycles. The quantitative estimate of drug-likeness (QED) is 0.578. The molecule has 1 N–H and O–H groups in total. The Labute approximate surface area is 148 Å². The Balaban J connectivity index is 1.88. The first-order valence-corrected chi connectivity index (χ1v) is 7.84. The van der Waals surface area contributed by atoms with Crippen LogP contribution >= 0.6 is 15.9 Å². The van der Waals surface area contributed by atoms with Crippen LogP contribution in [0, 0.1) is 0 Å². The molecule has 0 spiro atoms. The van der Waals surface area contributed by atoms with E-state index in [1.165, 1.54) is 13.3 Å². The number of benzene rings is 2. The van der Waals surface area contributed by atoms with Crippen LogP contribution in [0.1, 0.15) is 5.56 Å². The number of nitrogens with one attached hydrogen (secondary N) is 1. The molecule has 0 aliphatic carbocycles. The topological polar surface area (TPSA) is 69.2 Å². The molecule has 0 saturated carbocycles. The summed E-state index contributed by atoms with van der Waals surface area (Å²) in [7, 11) is 3.07. The minimum atomic E-state index is -0.352. The minimum Gasteiger partial charge on any atom is -0.497 e. The molecule has 0 heterocycles. The summed E-state index contributed by atoms with van der Waals surface area (Å²) < 4.78 is 11.3. The van der Waals surface area contributed by atoms with Gasteiger partial charge in [0.2, 0.25) is 0 Å². The number of nitrogens with zero attached hydrogens (tertiary/aromatic N) is 1. The average Bonchev–Trinajstić information content (AvgIpc) is 2.60. The Bertz CT molecular complexity index is 717. The van der Waals surface area contributed by atoms with Gasteiger partial charge in [-0.25, -0.2) is 0 Å². The second-order valence-corrected chi connectivity index (χ2v) is 5.59. The molecule has 6 nitrogen and oxygen atoms in total. The van der Waals surface area contributed by atoms with Crippen molar-refractivity contribution in [2.24, 2.45) is 5.16 Å². The highest BCUT2D eigenvalue weighted by Crippen LogP contribution is 2.28. The third-order valence-electron chi connectivity index (χ3n) is 3.02. The number of anilines is 1. The Morgan fingerprint density at radius 1 is 1.17 bits per heavy atom. The van der Waals surface area contributed by atoms with E-state index in [4.69, 9.17) is 14.3 Å². The second kappa shape index (κ2) is 8.93. The van der Waals surface area contributed by atoms with Gasteiger partial charge in [0.25, 0.3) is 5.91 Å². The lowest BCUT2D eigenvalue weighted by Gasteiger charge is -2.11. The molecule has 0 atom stereocenters. The molecule has 2 aromatic rings. The van der Waals surface area contributed by atoms with Crippen molar-refractivity contribution in [1.29, 1.82) is 0 Å². The molecule has 0 unspecified atom stereocenters. The normalized spacial score (nSPS) is 10.5. The summed E-state index contributed by atoms with van der Waals surface area (Å²) in [5.41, 5.74) is 1.37. The van der Waals surface area contributed by atoms with Gasteiger partial charge in [-0.05, 0) is 29.8 Å². The molecule has 0 aliphatic rings. The first kappa shape index (κ1) is 17.8. The van der Waals surface area contributed by atoms with Gasteiger partial charge in [-0.3, -0.25) is 4.79 Å². The monoisotopic (exact) mass is 392 g/mol. The third-order valence-corrected chi connectivity index (χ3v) is 3.55. The van der Waals surface area contributed by atoms with Crippen LogP contribution in [-0.4, -0.2) is 32.9 Å². The second-order valence-electron chi connectivity index (χ2n) is 4.67. The summed E-state index contributed by atoms with van der Waals surface area (Å²) in [6.45, 7) is -0.215. The van der Waals surface area contributed by atoms with E-state index in [9.17, 15) is 4.79 Å². The van der Waals surface area contributed by atoms with Crippen LogP contribution < -0.4 is 14.8 Å². The summed E-state index contributed by atoms with van der Waals surface area (Å²) in [5.74, 6) is 0.789. The molecule has 0 aromatic heterocycles. The lowest BCUT2D eigenvalue weighted by molar-refractivity contribution is -0.120. The zero-order valence-corrected chi connectivity index (χ0v) is 14.9. The highest BCUT2D eigenvalue weighted by Gasteiger charge is 2.09. The van der Waals surface area contributed by atoms with E-state index < -0.39 is 0 Å². The van der Waals surface area contributed by atoms with Gasteiger partial charge < -0.3 is 19.6 Å². The third kappa shape index (κ3) is 5.27. The Morgan fingerprint density at radius 2 is 1.92 bits per heavy atom. The predicted octanol–water partition coefficient (Wildman–Crippen LogP) is 3.46. The lowest BCUT2D eigenvalue weighted by atomic mass is 10.2. The maximum Gasteiger partial charge on any atom is 0.265 e. The van der Waals surface area contributed by atoms with Crippen LogP contribution in [0.3, 0.4) is 0 Å². The van der Waals surface area contributed by atoms with Crippen molar-refractivity contribution in [3.05, 3.63) is 52.5 Å². The van der Waals surface area contributed by atoms with E-state index in [2.05, 4.69) is 26.4 Å². The SMILES string of the molecule is COc1ccc(OC)c(NC(=O)CO/N=C\c2ccc(Br)cc2)c1. The number of amides is 1. The minimum absolute atomic E-state index is 0.215. The molecule has 24 heavy (non-hydrogen) atoms. The van der Waals surface area contributed by atoms with Crippen molar-refractivity contribution < 1.29 is 19.1 Å². The van der Waals surface area contributed by atoms with Gasteiger partial charge in [0.15, 0.2) is 6.61 Å². The van der Waals surface area contributed by atoms with Crippen LogP contribution in [0.4, 0.5) is 5.69 Å². The fraction of sp³-hybridized carbons (Fsp3) is 0.176. The highest BCUT2D eigenvalue weighted by atomic mass is 79.9. The number of halogens is 1. The van der Waals surface area contributed by atoms with Crippen LogP contribution in [0.5, 0.6) is 11.5 Å². The number of hydrogen-bond donors (Lipinski definition) is 1. The van der Waals surface area contributed by atoms with Crippen molar-refractivity contribution in [2.45, 2.75) is 0 Å². The Morgan fingerprint density at radius 3 is 2.58 bits per heavy atom. The number of rotatable bonds is 7. The van der Waals surface area contributed by atoms with E-state index >= 15 is 0 Å². The first-order chi connectivity index (χ1) is 11.6. The van der Waals surface area contributed by atoms with Crippen LogP contribution in [0.2, 0.25) is 0 Å². The predicted molar refractivity (Wildman–Crippen MR) is 95.9 cm³/mol. The van der Waals surface area contributed by atoms with Crippen molar-refractivity contribution in [1.82, 2.24) is 0 Å². The maximum atomic E-state index is 11.9. The zero-order chi connectivity index (χ0) is 17.4. The zero-order valence-electron chi connectivity index (χ0n) is 13.3. The van der Waals surface area contributed by atoms with Crippen molar-refractivity contribution in [3.8, 4) is 11.5 Å². The smallest absolute Gasteiger partial charge is 0.265 e. The largest absolute Gasteiger partial charge is 0.497 e. The number of hydrogen-bond acceptors (Lipinski definition) is 5. The average molecular weight is 393 g/mol. The Kier molecular flexibility index (Phi) is 6.62. The van der Waals surface area contributed by atoms with Crippen molar-refractivity contribution in [3.63, 3.8) is 0 Å². The summed E-state index contributed by atoms with van der Waals surface area (Å²) in [6.07, 6.45) is 1.53. The Hall–Kier alpha value is -2.54. The van der Waals surface area contributed by atoms with E-state index in [0.717, 1.165) is 10.0 Å². The molecule has 0 bridgehead atoms. The van der Waals surface area contributed by atoms with E-state index in [-0.39, 0.29) is 12.5 Å². The van der Waals surface area contributed by atoms with Gasteiger partial charge in [-0.1, -0.05) is 33.2 Å². The number of methoxy groups -OCH3 is 2. The fourth-order valence-corrected chi connectivity index (χ4v) is 2.11. The number of oxime groups is 1. The molecule has 0 fully saturated rings. The van der Waals surface area contributed by atoms with Gasteiger partial charge in [-0.2, -0.15) is 0 Å². The molecule has 0 radical (unpaired) electrons. The number of carbonyl (C=O) groups is 1. The molecule has 7 heteroatoms. The number of carbonyl (C=O) groups excluding carboxylic acids is 1. The molecule has 2 aromatic carbocycles. The van der Waals surface area contributed by atoms with Gasteiger partial charge in [0.1, 0.15) is 11.5 Å². The lowest BCUT2D eigenvalue weighted by Crippen LogP contribution is -2.17.